The average molecular weight is 122 g/mol. The summed E-state index contributed by atoms with van der Waals surface area (Å²) in [7, 11) is 0. The van der Waals surface area contributed by atoms with E-state index in [1.54, 1.807) is 0 Å². The van der Waals surface area contributed by atoms with Gasteiger partial charge in [-0.25, -0.2) is 13.2 Å². The van der Waals surface area contributed by atoms with E-state index in [9.17, 15) is 13.2 Å². The van der Waals surface area contributed by atoms with Crippen LogP contribution in [0.25, 0.3) is 0 Å². The van der Waals surface area contributed by atoms with Crippen molar-refractivity contribution in [1.29, 1.82) is 0 Å². The second-order valence-corrected chi connectivity index (χ2v) is 2.69. The van der Waals surface area contributed by atoms with Crippen LogP contribution in [-0.2, 0) is 0 Å². The first-order valence-corrected chi connectivity index (χ1v) is 2.63. The van der Waals surface area contributed by atoms with Gasteiger partial charge in [-0.15, -0.1) is 0 Å². The minimum absolute atomic E-state index is 0.0972. The highest BCUT2D eigenvalue weighted by atomic mass is 19.3. The predicted octanol–water partition coefficient (Wildman–Crippen LogP) is 1.75. The first-order valence-electron chi connectivity index (χ1n) is 2.63. The summed E-state index contributed by atoms with van der Waals surface area (Å²) < 4.78 is 36.3. The zero-order valence-corrected chi connectivity index (χ0v) is 4.13. The highest BCUT2D eigenvalue weighted by Gasteiger charge is 2.80. The Bertz CT molecular complexity index is 132. The molecule has 46 valence electrons. The number of alkyl halides is 3. The van der Waals surface area contributed by atoms with Crippen molar-refractivity contribution in [1.82, 2.24) is 0 Å². The van der Waals surface area contributed by atoms with Gasteiger partial charge in [-0.05, 0) is 12.8 Å². The number of rotatable bonds is 0. The maximum absolute atomic E-state index is 12.3. The standard InChI is InChI=1S/C5H5F3/c6-4-1-3(2-4)5(4,7)8/h3H,1-2H2. The van der Waals surface area contributed by atoms with Crippen molar-refractivity contribution in [2.75, 3.05) is 0 Å². The summed E-state index contributed by atoms with van der Waals surface area (Å²) in [5.74, 6) is -3.57. The van der Waals surface area contributed by atoms with Gasteiger partial charge in [0.1, 0.15) is 0 Å². The molecule has 0 unspecified atom stereocenters. The fourth-order valence-corrected chi connectivity index (χ4v) is 1.35. The zero-order chi connectivity index (χ0) is 5.99. The first-order chi connectivity index (χ1) is 3.56. The fraction of sp³-hybridized carbons (Fsp3) is 1.00. The summed E-state index contributed by atoms with van der Waals surface area (Å²) >= 11 is 0. The first kappa shape index (κ1) is 4.65. The third-order valence-corrected chi connectivity index (χ3v) is 2.25. The van der Waals surface area contributed by atoms with Crippen molar-refractivity contribution in [2.45, 2.75) is 24.4 Å². The number of hydrogen-bond acceptors (Lipinski definition) is 0. The maximum atomic E-state index is 12.3. The molecule has 0 amide bonds. The summed E-state index contributed by atoms with van der Waals surface area (Å²) in [6.07, 6.45) is 0.194. The lowest BCUT2D eigenvalue weighted by Crippen LogP contribution is -2.73. The number of hydrogen-bond donors (Lipinski definition) is 0. The summed E-state index contributed by atoms with van der Waals surface area (Å²) in [6.45, 7) is 0. The van der Waals surface area contributed by atoms with Crippen molar-refractivity contribution < 1.29 is 13.2 Å². The maximum Gasteiger partial charge on any atom is 0.284 e. The topological polar surface area (TPSA) is 0 Å². The Balaban J connectivity index is 2.26. The van der Waals surface area contributed by atoms with Gasteiger partial charge in [0.2, 0.25) is 0 Å². The van der Waals surface area contributed by atoms with Crippen LogP contribution in [0.4, 0.5) is 13.2 Å². The Morgan fingerprint density at radius 3 is 1.50 bits per heavy atom. The van der Waals surface area contributed by atoms with E-state index in [1.807, 2.05) is 0 Å². The molecule has 0 heterocycles. The minimum atomic E-state index is -2.95. The third-order valence-electron chi connectivity index (χ3n) is 2.25. The van der Waals surface area contributed by atoms with Crippen LogP contribution in [0.1, 0.15) is 12.8 Å². The lowest BCUT2D eigenvalue weighted by atomic mass is 9.50. The fourth-order valence-electron chi connectivity index (χ4n) is 1.35. The van der Waals surface area contributed by atoms with Gasteiger partial charge in [0.05, 0.1) is 0 Å². The molecule has 3 aliphatic carbocycles. The van der Waals surface area contributed by atoms with E-state index in [-0.39, 0.29) is 12.8 Å². The lowest BCUT2D eigenvalue weighted by molar-refractivity contribution is -0.348. The predicted molar refractivity (Wildman–Crippen MR) is 21.5 cm³/mol. The van der Waals surface area contributed by atoms with Crippen LogP contribution in [0.3, 0.4) is 0 Å². The number of halogens is 3. The molecule has 0 N–H and O–H groups in total. The molecule has 0 atom stereocenters. The molecule has 0 aromatic heterocycles. The molecule has 0 aromatic rings. The van der Waals surface area contributed by atoms with Crippen molar-refractivity contribution in [3.05, 3.63) is 0 Å². The van der Waals surface area contributed by atoms with E-state index in [0.29, 0.717) is 0 Å². The van der Waals surface area contributed by atoms with E-state index in [2.05, 4.69) is 0 Å². The van der Waals surface area contributed by atoms with Crippen molar-refractivity contribution in [3.63, 3.8) is 0 Å². The van der Waals surface area contributed by atoms with Crippen LogP contribution in [0.5, 0.6) is 0 Å². The minimum Gasteiger partial charge on any atom is -0.237 e. The van der Waals surface area contributed by atoms with E-state index in [1.165, 1.54) is 0 Å². The zero-order valence-electron chi connectivity index (χ0n) is 4.13. The van der Waals surface area contributed by atoms with Gasteiger partial charge < -0.3 is 0 Å². The SMILES string of the molecule is FC12CC(C1)C2(F)F. The molecule has 0 aromatic carbocycles. The normalized spacial score (nSPS) is 56.6. The molecule has 0 saturated heterocycles. The van der Waals surface area contributed by atoms with Gasteiger partial charge >= 0.3 is 0 Å². The van der Waals surface area contributed by atoms with Gasteiger partial charge in [0.25, 0.3) is 5.92 Å². The molecule has 0 aliphatic heterocycles. The molecular formula is C5H5F3. The molecule has 0 spiro atoms. The molecule has 0 radical (unpaired) electrons. The van der Waals surface area contributed by atoms with Gasteiger partial charge in [0, 0.05) is 5.92 Å². The second-order valence-electron chi connectivity index (χ2n) is 2.69. The molecule has 2 bridgehead atoms. The molecule has 3 rings (SSSR count). The van der Waals surface area contributed by atoms with Crippen molar-refractivity contribution in [2.24, 2.45) is 5.92 Å². The summed E-state index contributed by atoms with van der Waals surface area (Å²) in [5, 5.41) is 0. The molecule has 8 heavy (non-hydrogen) atoms. The monoisotopic (exact) mass is 122 g/mol. The van der Waals surface area contributed by atoms with Crippen LogP contribution in [-0.4, -0.2) is 11.6 Å². The van der Waals surface area contributed by atoms with Crippen LogP contribution in [0.2, 0.25) is 0 Å². The Kier molecular flexibility index (Phi) is 0.469. The molecule has 3 aliphatic rings. The van der Waals surface area contributed by atoms with Gasteiger partial charge in [-0.3, -0.25) is 0 Å². The molecule has 0 nitrogen and oxygen atoms in total. The van der Waals surface area contributed by atoms with Crippen LogP contribution >= 0.6 is 0 Å². The Morgan fingerprint density at radius 2 is 1.50 bits per heavy atom. The molecular weight excluding hydrogens is 117 g/mol. The van der Waals surface area contributed by atoms with Crippen LogP contribution < -0.4 is 0 Å². The highest BCUT2D eigenvalue weighted by molar-refractivity contribution is 5.22. The summed E-state index contributed by atoms with van der Waals surface area (Å²) in [4.78, 5) is 0. The summed E-state index contributed by atoms with van der Waals surface area (Å²) in [5.41, 5.74) is -2.07. The van der Waals surface area contributed by atoms with Gasteiger partial charge in [-0.1, -0.05) is 0 Å². The van der Waals surface area contributed by atoms with E-state index in [4.69, 9.17) is 0 Å². The largest absolute Gasteiger partial charge is 0.284 e. The van der Waals surface area contributed by atoms with E-state index >= 15 is 0 Å². The second kappa shape index (κ2) is 0.807. The van der Waals surface area contributed by atoms with Crippen molar-refractivity contribution in [3.8, 4) is 0 Å². The quantitative estimate of drug-likeness (QED) is 0.459. The Labute approximate surface area is 44.7 Å². The Morgan fingerprint density at radius 1 is 1.12 bits per heavy atom. The van der Waals surface area contributed by atoms with E-state index in [0.717, 1.165) is 0 Å². The summed E-state index contributed by atoms with van der Waals surface area (Å²) in [6, 6.07) is 0. The van der Waals surface area contributed by atoms with E-state index < -0.39 is 17.5 Å². The Hall–Kier alpha value is -0.210. The van der Waals surface area contributed by atoms with Crippen LogP contribution in [0, 0.1) is 5.92 Å². The molecule has 3 saturated carbocycles. The van der Waals surface area contributed by atoms with Crippen LogP contribution in [0.15, 0.2) is 0 Å². The third kappa shape index (κ3) is 0.216. The van der Waals surface area contributed by atoms with Gasteiger partial charge in [-0.2, -0.15) is 0 Å². The lowest BCUT2D eigenvalue weighted by Gasteiger charge is -2.61. The molecule has 3 fully saturated rings. The van der Waals surface area contributed by atoms with Crippen molar-refractivity contribution >= 4 is 0 Å². The average Bonchev–Trinajstić information content (AvgIpc) is 1.62. The molecule has 3 heteroatoms. The highest BCUT2D eigenvalue weighted by Crippen LogP contribution is 2.69. The van der Waals surface area contributed by atoms with Gasteiger partial charge in [0.15, 0.2) is 5.67 Å². The smallest absolute Gasteiger partial charge is 0.237 e.